The van der Waals surface area contributed by atoms with Gasteiger partial charge in [-0.15, -0.1) is 0 Å². The fourth-order valence-corrected chi connectivity index (χ4v) is 2.54. The highest BCUT2D eigenvalue weighted by Gasteiger charge is 2.25. The normalized spacial score (nSPS) is 29.4. The summed E-state index contributed by atoms with van der Waals surface area (Å²) in [5, 5.41) is 0. The average Bonchev–Trinajstić information content (AvgIpc) is 2.32. The lowest BCUT2D eigenvalue weighted by Crippen LogP contribution is -2.20. The third-order valence-electron chi connectivity index (χ3n) is 2.34. The molecule has 1 rings (SSSR count). The highest BCUT2D eigenvalue weighted by Crippen LogP contribution is 2.27. The highest BCUT2D eigenvalue weighted by molar-refractivity contribution is 7.99. The SMILES string of the molecule is COC(=O)C[C@@H]1CCSCC[C@H]1F. The number of methoxy groups -OCH3 is 1. The standard InChI is InChI=1S/C9H15FO2S/c1-12-9(11)6-7-2-4-13-5-3-8(7)10/h7-8H,2-6H2,1H3/t7-,8+/m0/s1. The molecule has 0 aromatic heterocycles. The molecule has 13 heavy (non-hydrogen) atoms. The molecule has 0 bridgehead atoms. The fraction of sp³-hybridized carbons (Fsp3) is 0.889. The molecule has 76 valence electrons. The van der Waals surface area contributed by atoms with E-state index >= 15 is 0 Å². The van der Waals surface area contributed by atoms with Gasteiger partial charge in [0.15, 0.2) is 0 Å². The van der Waals surface area contributed by atoms with E-state index in [1.54, 1.807) is 11.8 Å². The van der Waals surface area contributed by atoms with E-state index in [0.29, 0.717) is 6.42 Å². The van der Waals surface area contributed by atoms with Gasteiger partial charge in [-0.05, 0) is 24.3 Å². The van der Waals surface area contributed by atoms with E-state index in [-0.39, 0.29) is 18.3 Å². The van der Waals surface area contributed by atoms with Gasteiger partial charge in [-0.3, -0.25) is 4.79 Å². The van der Waals surface area contributed by atoms with Gasteiger partial charge in [0, 0.05) is 5.92 Å². The van der Waals surface area contributed by atoms with E-state index in [9.17, 15) is 9.18 Å². The van der Waals surface area contributed by atoms with Crippen LogP contribution in [0.1, 0.15) is 19.3 Å². The quantitative estimate of drug-likeness (QED) is 0.647. The van der Waals surface area contributed by atoms with Gasteiger partial charge < -0.3 is 4.74 Å². The van der Waals surface area contributed by atoms with Gasteiger partial charge in [-0.25, -0.2) is 4.39 Å². The van der Waals surface area contributed by atoms with Crippen molar-refractivity contribution < 1.29 is 13.9 Å². The summed E-state index contributed by atoms with van der Waals surface area (Å²) >= 11 is 1.77. The molecule has 2 nitrogen and oxygen atoms in total. The molecule has 0 aliphatic carbocycles. The first kappa shape index (κ1) is 10.8. The van der Waals surface area contributed by atoms with Crippen LogP contribution in [0.2, 0.25) is 0 Å². The van der Waals surface area contributed by atoms with Crippen LogP contribution in [0.25, 0.3) is 0 Å². The number of alkyl halides is 1. The van der Waals surface area contributed by atoms with Crippen LogP contribution in [0.4, 0.5) is 4.39 Å². The number of carbonyl (C=O) groups excluding carboxylic acids is 1. The largest absolute Gasteiger partial charge is 0.469 e. The Hall–Kier alpha value is -0.250. The van der Waals surface area contributed by atoms with Crippen molar-refractivity contribution >= 4 is 17.7 Å². The summed E-state index contributed by atoms with van der Waals surface area (Å²) in [6.07, 6.45) is 0.778. The summed E-state index contributed by atoms with van der Waals surface area (Å²) in [5.74, 6) is 1.42. The zero-order valence-electron chi connectivity index (χ0n) is 7.79. The van der Waals surface area contributed by atoms with Gasteiger partial charge in [0.1, 0.15) is 6.17 Å². The van der Waals surface area contributed by atoms with E-state index in [1.165, 1.54) is 7.11 Å². The Morgan fingerprint density at radius 3 is 2.92 bits per heavy atom. The van der Waals surface area contributed by atoms with Crippen molar-refractivity contribution in [2.24, 2.45) is 5.92 Å². The summed E-state index contributed by atoms with van der Waals surface area (Å²) in [7, 11) is 1.35. The third kappa shape index (κ3) is 3.55. The van der Waals surface area contributed by atoms with Crippen LogP contribution in [0.15, 0.2) is 0 Å². The molecular formula is C9H15FO2S. The Bertz CT molecular complexity index is 175. The van der Waals surface area contributed by atoms with Crippen molar-refractivity contribution in [3.8, 4) is 0 Å². The molecule has 0 unspecified atom stereocenters. The van der Waals surface area contributed by atoms with Crippen molar-refractivity contribution in [2.45, 2.75) is 25.4 Å². The Morgan fingerprint density at radius 1 is 1.54 bits per heavy atom. The van der Waals surface area contributed by atoms with Crippen molar-refractivity contribution in [1.29, 1.82) is 0 Å². The van der Waals surface area contributed by atoms with Gasteiger partial charge in [0.2, 0.25) is 0 Å². The summed E-state index contributed by atoms with van der Waals surface area (Å²) in [4.78, 5) is 10.9. The van der Waals surface area contributed by atoms with E-state index in [4.69, 9.17) is 0 Å². The minimum Gasteiger partial charge on any atom is -0.469 e. The van der Waals surface area contributed by atoms with Gasteiger partial charge in [-0.1, -0.05) is 0 Å². The second-order valence-corrected chi connectivity index (χ2v) is 4.47. The fourth-order valence-electron chi connectivity index (χ4n) is 1.48. The third-order valence-corrected chi connectivity index (χ3v) is 3.39. The van der Waals surface area contributed by atoms with Crippen LogP contribution in [-0.4, -0.2) is 30.8 Å². The molecule has 1 fully saturated rings. The number of carbonyl (C=O) groups is 1. The molecule has 2 atom stereocenters. The maximum Gasteiger partial charge on any atom is 0.305 e. The summed E-state index contributed by atoms with van der Waals surface area (Å²) < 4.78 is 17.9. The molecule has 0 saturated carbocycles. The van der Waals surface area contributed by atoms with Gasteiger partial charge in [-0.2, -0.15) is 11.8 Å². The van der Waals surface area contributed by atoms with Crippen LogP contribution in [0.3, 0.4) is 0 Å². The summed E-state index contributed by atoms with van der Waals surface area (Å²) in [5.41, 5.74) is 0. The first-order valence-electron chi connectivity index (χ1n) is 4.52. The van der Waals surface area contributed by atoms with Crippen LogP contribution >= 0.6 is 11.8 Å². The smallest absolute Gasteiger partial charge is 0.305 e. The molecule has 1 aliphatic rings. The molecule has 0 aromatic carbocycles. The van der Waals surface area contributed by atoms with Crippen molar-refractivity contribution in [1.82, 2.24) is 0 Å². The molecule has 1 heterocycles. The minimum atomic E-state index is -0.825. The molecule has 1 saturated heterocycles. The summed E-state index contributed by atoms with van der Waals surface area (Å²) in [6.45, 7) is 0. The minimum absolute atomic E-state index is 0.123. The molecule has 0 spiro atoms. The predicted octanol–water partition coefficient (Wildman–Crippen LogP) is 2.03. The maximum absolute atomic E-state index is 13.4. The Labute approximate surface area is 82.2 Å². The second-order valence-electron chi connectivity index (χ2n) is 3.25. The monoisotopic (exact) mass is 206 g/mol. The molecule has 0 radical (unpaired) electrons. The zero-order valence-corrected chi connectivity index (χ0v) is 8.61. The zero-order chi connectivity index (χ0) is 9.68. The van der Waals surface area contributed by atoms with Crippen LogP contribution in [0, 0.1) is 5.92 Å². The molecule has 0 N–H and O–H groups in total. The van der Waals surface area contributed by atoms with E-state index in [1.807, 2.05) is 0 Å². The number of halogens is 1. The Balaban J connectivity index is 2.40. The number of ether oxygens (including phenoxy) is 1. The molecule has 4 heteroatoms. The lowest BCUT2D eigenvalue weighted by Gasteiger charge is -2.15. The highest BCUT2D eigenvalue weighted by atomic mass is 32.2. The topological polar surface area (TPSA) is 26.3 Å². The number of hydrogen-bond acceptors (Lipinski definition) is 3. The van der Waals surface area contributed by atoms with Crippen molar-refractivity contribution in [3.05, 3.63) is 0 Å². The van der Waals surface area contributed by atoms with Crippen molar-refractivity contribution in [3.63, 3.8) is 0 Å². The van der Waals surface area contributed by atoms with Crippen molar-refractivity contribution in [2.75, 3.05) is 18.6 Å². The molecule has 1 aliphatic heterocycles. The van der Waals surface area contributed by atoms with Crippen LogP contribution in [-0.2, 0) is 9.53 Å². The van der Waals surface area contributed by atoms with Crippen LogP contribution in [0.5, 0.6) is 0 Å². The first-order chi connectivity index (χ1) is 6.24. The maximum atomic E-state index is 13.4. The Kier molecular flexibility index (Phi) is 4.56. The van der Waals surface area contributed by atoms with E-state index in [0.717, 1.165) is 17.9 Å². The lowest BCUT2D eigenvalue weighted by atomic mass is 9.95. The van der Waals surface area contributed by atoms with Crippen LogP contribution < -0.4 is 0 Å². The van der Waals surface area contributed by atoms with E-state index in [2.05, 4.69) is 4.74 Å². The van der Waals surface area contributed by atoms with Gasteiger partial charge in [0.25, 0.3) is 0 Å². The molecule has 0 amide bonds. The summed E-state index contributed by atoms with van der Waals surface area (Å²) in [6, 6.07) is 0. The number of esters is 1. The molecular weight excluding hydrogens is 191 g/mol. The number of hydrogen-bond donors (Lipinski definition) is 0. The molecule has 0 aromatic rings. The van der Waals surface area contributed by atoms with Gasteiger partial charge >= 0.3 is 5.97 Å². The van der Waals surface area contributed by atoms with E-state index < -0.39 is 6.17 Å². The van der Waals surface area contributed by atoms with Gasteiger partial charge in [0.05, 0.1) is 13.5 Å². The number of thioether (sulfide) groups is 1. The number of rotatable bonds is 2. The predicted molar refractivity (Wildman–Crippen MR) is 51.6 cm³/mol. The first-order valence-corrected chi connectivity index (χ1v) is 5.68. The average molecular weight is 206 g/mol. The second kappa shape index (κ2) is 5.47. The Morgan fingerprint density at radius 2 is 2.23 bits per heavy atom. The lowest BCUT2D eigenvalue weighted by molar-refractivity contribution is -0.142.